The van der Waals surface area contributed by atoms with Gasteiger partial charge in [-0.1, -0.05) is 13.0 Å². The van der Waals surface area contributed by atoms with Gasteiger partial charge in [-0.15, -0.1) is 5.06 Å². The molecule has 1 aromatic heterocycles. The summed E-state index contributed by atoms with van der Waals surface area (Å²) < 4.78 is 16.0. The van der Waals surface area contributed by atoms with E-state index in [2.05, 4.69) is 9.97 Å². The van der Waals surface area contributed by atoms with Crippen molar-refractivity contribution in [2.75, 3.05) is 38.2 Å². The summed E-state index contributed by atoms with van der Waals surface area (Å²) in [6.07, 6.45) is 1.63. The van der Waals surface area contributed by atoms with Crippen LogP contribution in [0.25, 0.3) is 0 Å². The van der Waals surface area contributed by atoms with Crippen molar-refractivity contribution in [2.24, 2.45) is 0 Å². The van der Waals surface area contributed by atoms with Gasteiger partial charge in [-0.05, 0) is 44.9 Å². The first-order valence-corrected chi connectivity index (χ1v) is 10.8. The molecule has 33 heavy (non-hydrogen) atoms. The molecule has 0 spiro atoms. The lowest BCUT2D eigenvalue weighted by Crippen LogP contribution is -2.48. The second-order valence-electron chi connectivity index (χ2n) is 8.44. The van der Waals surface area contributed by atoms with E-state index in [0.717, 1.165) is 12.0 Å². The number of methoxy groups -OCH3 is 1. The van der Waals surface area contributed by atoms with Gasteiger partial charge in [-0.3, -0.25) is 0 Å². The molecule has 0 saturated carbocycles. The molecule has 0 unspecified atom stereocenters. The fourth-order valence-electron chi connectivity index (χ4n) is 3.19. The SMILES string of the molecule is CCc1ccc(C(=O)OC)cc1Oc1ccnc(N2CCN(OC(=O)OC(C)(C)C)CC2)n1. The van der Waals surface area contributed by atoms with Crippen LogP contribution in [0.5, 0.6) is 11.6 Å². The molecule has 0 radical (unpaired) electrons. The number of carbonyl (C=O) groups excluding carboxylic acids is 2. The maximum atomic E-state index is 11.9. The Balaban J connectivity index is 1.64. The third kappa shape index (κ3) is 6.79. The quantitative estimate of drug-likeness (QED) is 0.596. The van der Waals surface area contributed by atoms with E-state index < -0.39 is 17.7 Å². The largest absolute Gasteiger partial charge is 0.528 e. The van der Waals surface area contributed by atoms with Crippen molar-refractivity contribution in [1.29, 1.82) is 0 Å². The summed E-state index contributed by atoms with van der Waals surface area (Å²) >= 11 is 0. The molecular formula is C23H30N4O6. The van der Waals surface area contributed by atoms with Crippen molar-refractivity contribution in [3.05, 3.63) is 41.6 Å². The monoisotopic (exact) mass is 458 g/mol. The second kappa shape index (κ2) is 10.5. The van der Waals surface area contributed by atoms with Crippen molar-refractivity contribution in [2.45, 2.75) is 39.7 Å². The summed E-state index contributed by atoms with van der Waals surface area (Å²) in [5.41, 5.74) is 0.733. The second-order valence-corrected chi connectivity index (χ2v) is 8.44. The standard InChI is InChI=1S/C23H30N4O6/c1-6-16-7-8-17(20(28)30-5)15-18(16)31-19-9-10-24-21(25-19)26-11-13-27(14-12-26)33-22(29)32-23(2,3)4/h7-10,15H,6,11-14H2,1-5H3. The van der Waals surface area contributed by atoms with Crippen LogP contribution < -0.4 is 9.64 Å². The van der Waals surface area contributed by atoms with Gasteiger partial charge in [0, 0.05) is 25.4 Å². The highest BCUT2D eigenvalue weighted by atomic mass is 16.8. The summed E-state index contributed by atoms with van der Waals surface area (Å²) in [4.78, 5) is 39.9. The van der Waals surface area contributed by atoms with Crippen LogP contribution in [-0.2, 0) is 20.7 Å². The van der Waals surface area contributed by atoms with Crippen LogP contribution >= 0.6 is 0 Å². The number of aromatic nitrogens is 2. The number of carbonyl (C=O) groups is 2. The zero-order valence-corrected chi connectivity index (χ0v) is 19.7. The van der Waals surface area contributed by atoms with Crippen LogP contribution in [-0.4, -0.2) is 66.0 Å². The molecule has 1 aromatic carbocycles. The Bertz CT molecular complexity index is 983. The lowest BCUT2D eigenvalue weighted by molar-refractivity contribution is -0.144. The van der Waals surface area contributed by atoms with Gasteiger partial charge in [-0.25, -0.2) is 14.6 Å². The minimum atomic E-state index is -0.719. The normalized spacial score (nSPS) is 14.5. The molecular weight excluding hydrogens is 428 g/mol. The van der Waals surface area contributed by atoms with Crippen LogP contribution in [0.4, 0.5) is 10.7 Å². The number of hydrogen-bond acceptors (Lipinski definition) is 10. The van der Waals surface area contributed by atoms with Crippen LogP contribution in [0.1, 0.15) is 43.6 Å². The number of piperazine rings is 1. The molecule has 10 nitrogen and oxygen atoms in total. The molecule has 1 fully saturated rings. The van der Waals surface area contributed by atoms with Gasteiger partial charge in [-0.2, -0.15) is 4.98 Å². The number of benzene rings is 1. The van der Waals surface area contributed by atoms with Gasteiger partial charge >= 0.3 is 12.1 Å². The molecule has 2 aromatic rings. The van der Waals surface area contributed by atoms with Crippen molar-refractivity contribution < 1.29 is 28.6 Å². The lowest BCUT2D eigenvalue weighted by Gasteiger charge is -2.33. The van der Waals surface area contributed by atoms with Crippen molar-refractivity contribution >= 4 is 18.1 Å². The number of esters is 1. The Morgan fingerprint density at radius 2 is 1.82 bits per heavy atom. The summed E-state index contributed by atoms with van der Waals surface area (Å²) in [5.74, 6) is 0.980. The minimum Gasteiger partial charge on any atom is -0.465 e. The highest BCUT2D eigenvalue weighted by molar-refractivity contribution is 5.90. The van der Waals surface area contributed by atoms with E-state index in [4.69, 9.17) is 19.0 Å². The van der Waals surface area contributed by atoms with Gasteiger partial charge in [0.05, 0.1) is 25.8 Å². The number of rotatable bonds is 6. The van der Waals surface area contributed by atoms with Crippen molar-refractivity contribution in [1.82, 2.24) is 15.0 Å². The maximum Gasteiger partial charge on any atom is 0.528 e. The average molecular weight is 459 g/mol. The van der Waals surface area contributed by atoms with E-state index >= 15 is 0 Å². The Morgan fingerprint density at radius 3 is 2.45 bits per heavy atom. The fourth-order valence-corrected chi connectivity index (χ4v) is 3.19. The minimum absolute atomic E-state index is 0.365. The first-order chi connectivity index (χ1) is 15.7. The number of ether oxygens (including phenoxy) is 3. The van der Waals surface area contributed by atoms with Gasteiger partial charge in [0.1, 0.15) is 11.4 Å². The fraction of sp³-hybridized carbons (Fsp3) is 0.478. The number of hydroxylamine groups is 2. The predicted molar refractivity (Wildman–Crippen MR) is 120 cm³/mol. The highest BCUT2D eigenvalue weighted by Crippen LogP contribution is 2.27. The van der Waals surface area contributed by atoms with Gasteiger partial charge in [0.2, 0.25) is 11.8 Å². The maximum absolute atomic E-state index is 11.9. The number of hydrogen-bond donors (Lipinski definition) is 0. The van der Waals surface area contributed by atoms with E-state index in [1.807, 2.05) is 17.9 Å². The predicted octanol–water partition coefficient (Wildman–Crippen LogP) is 3.61. The number of anilines is 1. The van der Waals surface area contributed by atoms with E-state index in [-0.39, 0.29) is 0 Å². The molecule has 2 heterocycles. The van der Waals surface area contributed by atoms with Crippen LogP contribution in [0, 0.1) is 0 Å². The first kappa shape index (κ1) is 24.2. The van der Waals surface area contributed by atoms with Crippen LogP contribution in [0.15, 0.2) is 30.5 Å². The number of nitrogens with zero attached hydrogens (tertiary/aromatic N) is 4. The topological polar surface area (TPSA) is 103 Å². The van der Waals surface area contributed by atoms with Gasteiger partial charge < -0.3 is 23.9 Å². The summed E-state index contributed by atoms with van der Waals surface area (Å²) in [5, 5.41) is 1.57. The number of aryl methyl sites for hydroxylation is 1. The molecule has 1 aliphatic rings. The molecule has 0 amide bonds. The van der Waals surface area contributed by atoms with E-state index in [0.29, 0.717) is 49.3 Å². The van der Waals surface area contributed by atoms with E-state index in [1.165, 1.54) is 7.11 Å². The Morgan fingerprint density at radius 1 is 1.09 bits per heavy atom. The molecule has 3 rings (SSSR count). The summed E-state index contributed by atoms with van der Waals surface area (Å²) in [7, 11) is 1.34. The Hall–Kier alpha value is -3.40. The third-order valence-corrected chi connectivity index (χ3v) is 4.82. The molecule has 0 atom stereocenters. The van der Waals surface area contributed by atoms with Crippen LogP contribution in [0.2, 0.25) is 0 Å². The summed E-state index contributed by atoms with van der Waals surface area (Å²) in [6, 6.07) is 6.87. The average Bonchev–Trinajstić information content (AvgIpc) is 2.78. The highest BCUT2D eigenvalue weighted by Gasteiger charge is 2.25. The zero-order chi connectivity index (χ0) is 24.0. The molecule has 10 heteroatoms. The molecule has 0 N–H and O–H groups in total. The lowest BCUT2D eigenvalue weighted by atomic mass is 10.1. The molecule has 178 valence electrons. The smallest absolute Gasteiger partial charge is 0.465 e. The zero-order valence-electron chi connectivity index (χ0n) is 19.7. The van der Waals surface area contributed by atoms with E-state index in [9.17, 15) is 9.59 Å². The van der Waals surface area contributed by atoms with E-state index in [1.54, 1.807) is 50.2 Å². The third-order valence-electron chi connectivity index (χ3n) is 4.82. The first-order valence-electron chi connectivity index (χ1n) is 10.8. The van der Waals surface area contributed by atoms with Crippen molar-refractivity contribution in [3.8, 4) is 11.6 Å². The van der Waals surface area contributed by atoms with Gasteiger partial charge in [0.15, 0.2) is 0 Å². The Labute approximate surface area is 193 Å². The molecule has 0 aliphatic carbocycles. The Kier molecular flexibility index (Phi) is 7.70. The molecule has 0 bridgehead atoms. The van der Waals surface area contributed by atoms with Crippen molar-refractivity contribution in [3.63, 3.8) is 0 Å². The molecule has 1 saturated heterocycles. The van der Waals surface area contributed by atoms with Gasteiger partial charge in [0.25, 0.3) is 0 Å². The van der Waals surface area contributed by atoms with Crippen LogP contribution in [0.3, 0.4) is 0 Å². The molecule has 1 aliphatic heterocycles. The summed E-state index contributed by atoms with van der Waals surface area (Å²) in [6.45, 7) is 9.44.